The Hall–Kier alpha value is -0.160. The van der Waals surface area contributed by atoms with Gasteiger partial charge >= 0.3 is 6.72 Å². The maximum atomic E-state index is 8.69. The molecular formula is C6H14N3O3PS. The molecule has 0 aliphatic carbocycles. The number of azide groups is 1. The Labute approximate surface area is 87.8 Å². The maximum Gasteiger partial charge on any atom is 0.321 e. The van der Waals surface area contributed by atoms with Crippen molar-refractivity contribution < 1.29 is 14.3 Å². The van der Waals surface area contributed by atoms with Crippen LogP contribution in [-0.4, -0.2) is 22.9 Å². The Kier molecular flexibility index (Phi) is 8.08. The zero-order valence-corrected chi connectivity index (χ0v) is 9.45. The minimum atomic E-state index is -3.47. The average Bonchev–Trinajstić information content (AvgIpc) is 2.08. The van der Waals surface area contributed by atoms with E-state index in [-0.39, 0.29) is 6.61 Å². The highest BCUT2D eigenvalue weighted by atomic mass is 32.5. The number of hydrogen-bond acceptors (Lipinski definition) is 3. The Morgan fingerprint density at radius 3 is 2.50 bits per heavy atom. The SMILES string of the molecule is [N-]=[N+]=NCCCCCCOP(O)(O)=S. The smallest absolute Gasteiger partial charge is 0.321 e. The van der Waals surface area contributed by atoms with Crippen LogP contribution in [0.1, 0.15) is 25.7 Å². The van der Waals surface area contributed by atoms with Crippen LogP contribution in [0.25, 0.3) is 10.4 Å². The summed E-state index contributed by atoms with van der Waals surface area (Å²) in [6.07, 6.45) is 3.41. The molecule has 0 bridgehead atoms. The van der Waals surface area contributed by atoms with E-state index in [0.29, 0.717) is 6.54 Å². The third kappa shape index (κ3) is 11.8. The summed E-state index contributed by atoms with van der Waals surface area (Å²) in [5, 5.41) is 3.39. The van der Waals surface area contributed by atoms with Gasteiger partial charge in [0.25, 0.3) is 0 Å². The first kappa shape index (κ1) is 13.8. The predicted octanol–water partition coefficient (Wildman–Crippen LogP) is 2.08. The van der Waals surface area contributed by atoms with Gasteiger partial charge in [-0.2, -0.15) is 0 Å². The fourth-order valence-electron chi connectivity index (χ4n) is 0.866. The van der Waals surface area contributed by atoms with Gasteiger partial charge in [-0.1, -0.05) is 18.0 Å². The van der Waals surface area contributed by atoms with Crippen molar-refractivity contribution in [3.05, 3.63) is 10.4 Å². The molecule has 2 N–H and O–H groups in total. The van der Waals surface area contributed by atoms with Crippen LogP contribution >= 0.6 is 6.72 Å². The molecule has 0 amide bonds. The van der Waals surface area contributed by atoms with E-state index in [1.807, 2.05) is 0 Å². The molecule has 0 aromatic carbocycles. The lowest BCUT2D eigenvalue weighted by molar-refractivity contribution is 0.245. The topological polar surface area (TPSA) is 98.5 Å². The third-order valence-electron chi connectivity index (χ3n) is 1.48. The maximum absolute atomic E-state index is 8.69. The predicted molar refractivity (Wildman–Crippen MR) is 57.2 cm³/mol. The van der Waals surface area contributed by atoms with Gasteiger partial charge in [-0.3, -0.25) is 0 Å². The molecule has 0 rings (SSSR count). The van der Waals surface area contributed by atoms with Gasteiger partial charge in [0.2, 0.25) is 0 Å². The van der Waals surface area contributed by atoms with Gasteiger partial charge in [0.1, 0.15) is 0 Å². The number of unbranched alkanes of at least 4 members (excludes halogenated alkanes) is 3. The van der Waals surface area contributed by atoms with Gasteiger partial charge in [0.15, 0.2) is 0 Å². The number of nitrogens with zero attached hydrogens (tertiary/aromatic N) is 3. The van der Waals surface area contributed by atoms with E-state index in [9.17, 15) is 0 Å². The van der Waals surface area contributed by atoms with Crippen LogP contribution in [0.15, 0.2) is 5.11 Å². The van der Waals surface area contributed by atoms with Crippen molar-refractivity contribution >= 4 is 18.5 Å². The monoisotopic (exact) mass is 239 g/mol. The van der Waals surface area contributed by atoms with E-state index in [4.69, 9.17) is 15.3 Å². The average molecular weight is 239 g/mol. The summed E-state index contributed by atoms with van der Waals surface area (Å²) >= 11 is 4.27. The van der Waals surface area contributed by atoms with E-state index in [1.165, 1.54) is 0 Å². The first-order valence-corrected chi connectivity index (χ1v) is 6.90. The minimum Gasteiger partial charge on any atom is -0.325 e. The van der Waals surface area contributed by atoms with E-state index < -0.39 is 6.72 Å². The Bertz CT molecular complexity index is 238. The number of rotatable bonds is 8. The van der Waals surface area contributed by atoms with Gasteiger partial charge in [-0.15, -0.1) is 0 Å². The van der Waals surface area contributed by atoms with Crippen LogP contribution in [0.4, 0.5) is 0 Å². The molecule has 0 spiro atoms. The van der Waals surface area contributed by atoms with Crippen LogP contribution in [0, 0.1) is 0 Å². The summed E-state index contributed by atoms with van der Waals surface area (Å²) in [5.41, 5.74) is 7.97. The van der Waals surface area contributed by atoms with Crippen molar-refractivity contribution in [3.63, 3.8) is 0 Å². The first-order chi connectivity index (χ1) is 6.56. The van der Waals surface area contributed by atoms with E-state index in [2.05, 4.69) is 26.4 Å². The van der Waals surface area contributed by atoms with Crippen LogP contribution in [-0.2, 0) is 16.3 Å². The molecule has 14 heavy (non-hydrogen) atoms. The molecule has 0 heterocycles. The van der Waals surface area contributed by atoms with Gasteiger partial charge in [-0.25, -0.2) is 0 Å². The largest absolute Gasteiger partial charge is 0.325 e. The van der Waals surface area contributed by atoms with Crippen molar-refractivity contribution in [3.8, 4) is 0 Å². The number of hydrogen-bond donors (Lipinski definition) is 2. The van der Waals surface area contributed by atoms with Gasteiger partial charge in [0, 0.05) is 11.5 Å². The normalized spacial score (nSPS) is 11.0. The highest BCUT2D eigenvalue weighted by Gasteiger charge is 2.05. The fourth-order valence-corrected chi connectivity index (χ4v) is 1.46. The molecule has 82 valence electrons. The molecule has 0 saturated carbocycles. The minimum absolute atomic E-state index is 0.270. The summed E-state index contributed by atoms with van der Waals surface area (Å²) in [7, 11) is 0. The lowest BCUT2D eigenvalue weighted by atomic mass is 10.2. The molecule has 0 saturated heterocycles. The molecule has 6 nitrogen and oxygen atoms in total. The molecule has 0 atom stereocenters. The lowest BCUT2D eigenvalue weighted by Crippen LogP contribution is -1.92. The van der Waals surface area contributed by atoms with Crippen LogP contribution < -0.4 is 0 Å². The highest BCUT2D eigenvalue weighted by molar-refractivity contribution is 8.06. The standard InChI is InChI=1S/C6H14N3O3PS/c7-9-8-5-3-1-2-4-6-12-13(10,11)14/h1-6H2,(H2,10,11,14). The van der Waals surface area contributed by atoms with Crippen molar-refractivity contribution in [2.24, 2.45) is 5.11 Å². The molecule has 0 radical (unpaired) electrons. The zero-order chi connectivity index (χ0) is 10.9. The molecular weight excluding hydrogens is 225 g/mol. The Morgan fingerprint density at radius 1 is 1.29 bits per heavy atom. The molecule has 0 aromatic heterocycles. The van der Waals surface area contributed by atoms with Crippen LogP contribution in [0.2, 0.25) is 0 Å². The Balaban J connectivity index is 3.14. The second kappa shape index (κ2) is 8.17. The second-order valence-corrected chi connectivity index (χ2v) is 5.36. The van der Waals surface area contributed by atoms with E-state index in [1.54, 1.807) is 0 Å². The van der Waals surface area contributed by atoms with Crippen molar-refractivity contribution in [2.45, 2.75) is 25.7 Å². The quantitative estimate of drug-likeness (QED) is 0.223. The third-order valence-corrected chi connectivity index (χ3v) is 2.31. The van der Waals surface area contributed by atoms with Crippen LogP contribution in [0.5, 0.6) is 0 Å². The highest BCUT2D eigenvalue weighted by Crippen LogP contribution is 2.36. The molecule has 8 heteroatoms. The summed E-state index contributed by atoms with van der Waals surface area (Å²) in [6.45, 7) is -2.69. The lowest BCUT2D eigenvalue weighted by Gasteiger charge is -2.07. The molecule has 0 aromatic rings. The molecule has 0 unspecified atom stereocenters. The van der Waals surface area contributed by atoms with E-state index in [0.717, 1.165) is 25.7 Å². The summed E-state index contributed by atoms with van der Waals surface area (Å²) in [6, 6.07) is 0. The fraction of sp³-hybridized carbons (Fsp3) is 1.00. The molecule has 0 fully saturated rings. The summed E-state index contributed by atoms with van der Waals surface area (Å²) in [4.78, 5) is 20.0. The molecule has 0 aliphatic heterocycles. The molecule has 0 aliphatic rings. The Morgan fingerprint density at radius 2 is 1.93 bits per heavy atom. The van der Waals surface area contributed by atoms with Gasteiger partial charge < -0.3 is 14.3 Å². The van der Waals surface area contributed by atoms with Crippen molar-refractivity contribution in [1.29, 1.82) is 0 Å². The zero-order valence-electron chi connectivity index (χ0n) is 7.74. The van der Waals surface area contributed by atoms with E-state index >= 15 is 0 Å². The van der Waals surface area contributed by atoms with Crippen molar-refractivity contribution in [1.82, 2.24) is 0 Å². The summed E-state index contributed by atoms with van der Waals surface area (Å²) in [5.74, 6) is 0. The summed E-state index contributed by atoms with van der Waals surface area (Å²) < 4.78 is 4.61. The van der Waals surface area contributed by atoms with Gasteiger partial charge in [-0.05, 0) is 30.2 Å². The van der Waals surface area contributed by atoms with Crippen LogP contribution in [0.3, 0.4) is 0 Å². The van der Waals surface area contributed by atoms with Gasteiger partial charge in [0.05, 0.1) is 6.61 Å². The van der Waals surface area contributed by atoms with Crippen molar-refractivity contribution in [2.75, 3.05) is 13.2 Å². The second-order valence-electron chi connectivity index (χ2n) is 2.69. The first-order valence-electron chi connectivity index (χ1n) is 4.27.